The van der Waals surface area contributed by atoms with E-state index in [1.807, 2.05) is 0 Å². The summed E-state index contributed by atoms with van der Waals surface area (Å²) in [5.74, 6) is 0. The van der Waals surface area contributed by atoms with Crippen LogP contribution in [-0.2, 0) is 8.37 Å². The molecule has 4 aromatic rings. The fraction of sp³-hybridized carbons (Fsp3) is 0.103. The van der Waals surface area contributed by atoms with E-state index in [0.717, 1.165) is 6.42 Å². The van der Waals surface area contributed by atoms with Crippen molar-refractivity contribution in [2.45, 2.75) is 29.4 Å². The van der Waals surface area contributed by atoms with Crippen molar-refractivity contribution in [2.75, 3.05) is 0 Å². The largest absolute Gasteiger partial charge is 0.286 e. The Hall–Kier alpha value is -2.76. The van der Waals surface area contributed by atoms with E-state index in [2.05, 4.69) is 115 Å². The summed E-state index contributed by atoms with van der Waals surface area (Å²) in [7, 11) is -0.908. The van der Waals surface area contributed by atoms with E-state index in [-0.39, 0.29) is 6.29 Å². The first-order chi connectivity index (χ1) is 16.3. The van der Waals surface area contributed by atoms with Crippen molar-refractivity contribution in [3.8, 4) is 0 Å². The van der Waals surface area contributed by atoms with Crippen LogP contribution in [0.15, 0.2) is 94.7 Å². The van der Waals surface area contributed by atoms with Gasteiger partial charge in [-0.1, -0.05) is 79.8 Å². The Bertz CT molecular complexity index is 1400. The highest BCUT2D eigenvalue weighted by Gasteiger charge is 2.19. The molecule has 4 heteroatoms. The zero-order valence-corrected chi connectivity index (χ0v) is 19.9. The lowest BCUT2D eigenvalue weighted by atomic mass is 10.1. The predicted molar refractivity (Wildman–Crippen MR) is 146 cm³/mol. The minimum absolute atomic E-state index is 0.291. The maximum absolute atomic E-state index is 6.58. The van der Waals surface area contributed by atoms with Crippen molar-refractivity contribution in [3.63, 3.8) is 0 Å². The zero-order chi connectivity index (χ0) is 22.2. The number of allylic oxidation sites excluding steroid dienone is 2. The van der Waals surface area contributed by atoms with Crippen LogP contribution in [0.5, 0.6) is 0 Å². The summed E-state index contributed by atoms with van der Waals surface area (Å²) in [5.41, 5.74) is 2.45. The van der Waals surface area contributed by atoms with E-state index < -0.39 is 21.5 Å². The van der Waals surface area contributed by atoms with Gasteiger partial charge in [0.1, 0.15) is 0 Å². The normalized spacial score (nSPS) is 19.5. The van der Waals surface area contributed by atoms with Crippen LogP contribution in [0.4, 0.5) is 0 Å². The first kappa shape index (κ1) is 20.8. The van der Waals surface area contributed by atoms with E-state index in [4.69, 9.17) is 8.37 Å². The highest BCUT2D eigenvalue weighted by atomic mass is 32.2. The number of fused-ring (bicyclic) bond motifs is 4. The maximum Gasteiger partial charge on any atom is 0.182 e. The van der Waals surface area contributed by atoms with Crippen LogP contribution in [0.25, 0.3) is 33.7 Å². The monoisotopic (exact) mass is 468 g/mol. The van der Waals surface area contributed by atoms with Gasteiger partial charge in [0.15, 0.2) is 6.29 Å². The summed E-state index contributed by atoms with van der Waals surface area (Å²) in [4.78, 5) is 2.45. The Morgan fingerprint density at radius 2 is 1.06 bits per heavy atom. The molecule has 2 nitrogen and oxygen atoms in total. The van der Waals surface area contributed by atoms with E-state index in [1.165, 1.54) is 42.5 Å². The van der Waals surface area contributed by atoms with Gasteiger partial charge in [-0.3, -0.25) is 8.37 Å². The third-order valence-electron chi connectivity index (χ3n) is 5.90. The molecular weight excluding hydrogens is 444 g/mol. The standard InChI is InChI=1S/C29H24O2S2/c1-2-29(30-32-15-7-13-25-17-21-9-3-5-11-23(21)19-27(25)32)31-33-16-8-14-26-18-22-10-4-6-12-24(22)20-28(26)33/h3-20,29H,2H2,1H3. The fourth-order valence-corrected chi connectivity index (χ4v) is 7.35. The lowest BCUT2D eigenvalue weighted by molar-refractivity contribution is 0.0378. The summed E-state index contributed by atoms with van der Waals surface area (Å²) >= 11 is 0. The molecule has 0 bridgehead atoms. The second-order valence-corrected chi connectivity index (χ2v) is 11.1. The molecule has 4 aromatic carbocycles. The van der Waals surface area contributed by atoms with Gasteiger partial charge >= 0.3 is 0 Å². The third-order valence-corrected chi connectivity index (χ3v) is 9.13. The van der Waals surface area contributed by atoms with Crippen molar-refractivity contribution >= 4 is 66.0 Å². The van der Waals surface area contributed by atoms with E-state index in [0.29, 0.717) is 0 Å². The SMILES string of the molecule is CCC(OS1=CC=Cc2cc3ccccc3cc21)OS1=CC=Cc2cc3ccccc3cc21. The molecule has 0 aliphatic carbocycles. The van der Waals surface area contributed by atoms with Gasteiger partial charge in [-0.2, -0.15) is 0 Å². The first-order valence-corrected chi connectivity index (χ1v) is 13.6. The van der Waals surface area contributed by atoms with Gasteiger partial charge in [-0.25, -0.2) is 0 Å². The molecule has 0 amide bonds. The average Bonchev–Trinajstić information content (AvgIpc) is 2.86. The molecule has 0 saturated heterocycles. The van der Waals surface area contributed by atoms with Crippen LogP contribution in [0.2, 0.25) is 0 Å². The second kappa shape index (κ2) is 8.88. The zero-order valence-electron chi connectivity index (χ0n) is 18.3. The van der Waals surface area contributed by atoms with Crippen LogP contribution < -0.4 is 0 Å². The minimum atomic E-state index is -0.454. The Morgan fingerprint density at radius 3 is 1.48 bits per heavy atom. The molecule has 2 atom stereocenters. The third kappa shape index (κ3) is 4.04. The molecule has 164 valence electrons. The molecule has 0 saturated carbocycles. The number of benzene rings is 4. The Balaban J connectivity index is 1.30. The number of rotatable bonds is 5. The van der Waals surface area contributed by atoms with Crippen LogP contribution in [0.1, 0.15) is 24.5 Å². The molecule has 2 unspecified atom stereocenters. The van der Waals surface area contributed by atoms with Crippen molar-refractivity contribution in [1.29, 1.82) is 0 Å². The average molecular weight is 469 g/mol. The predicted octanol–water partition coefficient (Wildman–Crippen LogP) is 8.21. The van der Waals surface area contributed by atoms with Gasteiger partial charge in [0.25, 0.3) is 0 Å². The summed E-state index contributed by atoms with van der Waals surface area (Å²) in [6.07, 6.45) is 9.03. The first-order valence-electron chi connectivity index (χ1n) is 11.2. The minimum Gasteiger partial charge on any atom is -0.286 e. The van der Waals surface area contributed by atoms with Crippen molar-refractivity contribution in [2.24, 2.45) is 0 Å². The van der Waals surface area contributed by atoms with Crippen molar-refractivity contribution < 1.29 is 8.37 Å². The van der Waals surface area contributed by atoms with Crippen molar-refractivity contribution in [1.82, 2.24) is 0 Å². The molecule has 33 heavy (non-hydrogen) atoms. The quantitative estimate of drug-likeness (QED) is 0.217. The topological polar surface area (TPSA) is 18.5 Å². The molecule has 2 heterocycles. The maximum atomic E-state index is 6.58. The summed E-state index contributed by atoms with van der Waals surface area (Å²) < 4.78 is 13.2. The van der Waals surface area contributed by atoms with Gasteiger partial charge in [-0.15, -0.1) is 0 Å². The van der Waals surface area contributed by atoms with Gasteiger partial charge in [0.05, 0.1) is 0 Å². The van der Waals surface area contributed by atoms with Gasteiger partial charge in [0, 0.05) is 9.79 Å². The van der Waals surface area contributed by atoms with Gasteiger partial charge < -0.3 is 0 Å². The molecular formula is C29H24O2S2. The van der Waals surface area contributed by atoms with Crippen LogP contribution in [0, 0.1) is 0 Å². The van der Waals surface area contributed by atoms with Crippen LogP contribution >= 0.6 is 21.5 Å². The number of hydrogen-bond donors (Lipinski definition) is 0. The summed E-state index contributed by atoms with van der Waals surface area (Å²) in [6.45, 7) is 2.12. The Morgan fingerprint density at radius 1 is 0.636 bits per heavy atom. The van der Waals surface area contributed by atoms with Crippen LogP contribution in [-0.4, -0.2) is 17.0 Å². The number of hydrogen-bond acceptors (Lipinski definition) is 2. The van der Waals surface area contributed by atoms with E-state index >= 15 is 0 Å². The van der Waals surface area contributed by atoms with Gasteiger partial charge in [0.2, 0.25) is 0 Å². The Kier molecular flexibility index (Phi) is 5.60. The van der Waals surface area contributed by atoms with Gasteiger partial charge in [-0.05, 0) is 95.6 Å². The molecule has 0 spiro atoms. The van der Waals surface area contributed by atoms with Crippen LogP contribution in [0.3, 0.4) is 0 Å². The molecule has 2 aliphatic heterocycles. The van der Waals surface area contributed by atoms with Crippen molar-refractivity contribution in [3.05, 3.63) is 96.1 Å². The van der Waals surface area contributed by atoms with E-state index in [9.17, 15) is 0 Å². The molecule has 6 rings (SSSR count). The summed E-state index contributed by atoms with van der Waals surface area (Å²) in [6, 6.07) is 26.0. The smallest absolute Gasteiger partial charge is 0.182 e. The fourth-order valence-electron chi connectivity index (χ4n) is 4.21. The molecule has 0 aromatic heterocycles. The highest BCUT2D eigenvalue weighted by molar-refractivity contribution is 8.11. The molecule has 2 aliphatic rings. The van der Waals surface area contributed by atoms with E-state index in [1.54, 1.807) is 0 Å². The Labute approximate surface area is 199 Å². The lowest BCUT2D eigenvalue weighted by Crippen LogP contribution is -2.12. The second-order valence-electron chi connectivity index (χ2n) is 8.09. The lowest BCUT2D eigenvalue weighted by Gasteiger charge is -2.25. The summed E-state index contributed by atoms with van der Waals surface area (Å²) in [5, 5.41) is 9.29. The highest BCUT2D eigenvalue weighted by Crippen LogP contribution is 2.42. The molecule has 0 radical (unpaired) electrons. The molecule has 0 fully saturated rings. The molecule has 0 N–H and O–H groups in total.